The second-order valence-electron chi connectivity index (χ2n) is 4.08. The molecule has 0 N–H and O–H groups in total. The summed E-state index contributed by atoms with van der Waals surface area (Å²) in [6.45, 7) is 5.72. The average molecular weight is 341 g/mol. The molecule has 0 fully saturated rings. The second kappa shape index (κ2) is 5.76. The lowest BCUT2D eigenvalue weighted by atomic mass is 10.1. The normalized spacial score (nSPS) is 10.3. The van der Waals surface area contributed by atoms with E-state index in [1.54, 1.807) is 23.2 Å². The summed E-state index contributed by atoms with van der Waals surface area (Å²) in [5, 5.41) is 0.372. The van der Waals surface area contributed by atoms with Gasteiger partial charge in [-0.3, -0.25) is 0 Å². The molecule has 4 heteroatoms. The van der Waals surface area contributed by atoms with Gasteiger partial charge in [0, 0.05) is 21.4 Å². The van der Waals surface area contributed by atoms with Gasteiger partial charge in [-0.1, -0.05) is 40.2 Å². The van der Waals surface area contributed by atoms with Crippen LogP contribution in [-0.2, 0) is 0 Å². The maximum Gasteiger partial charge on any atom is 0.148 e. The molecule has 0 bridgehead atoms. The fourth-order valence-electron chi connectivity index (χ4n) is 1.85. The standard InChI is InChI=1S/C15H12BrClFN/c1-3-19(14-7-6-12(17)9-13(14)18)15-8-11(16)5-4-10(15)2/h3-9H,1H2,2H3. The number of hydrogen-bond donors (Lipinski definition) is 0. The van der Waals surface area contributed by atoms with Crippen LogP contribution in [-0.4, -0.2) is 0 Å². The van der Waals surface area contributed by atoms with Crippen LogP contribution in [0.4, 0.5) is 15.8 Å². The Bertz CT molecular complexity index is 628. The van der Waals surface area contributed by atoms with Gasteiger partial charge >= 0.3 is 0 Å². The third-order valence-corrected chi connectivity index (χ3v) is 3.51. The molecule has 0 aliphatic rings. The van der Waals surface area contributed by atoms with Crippen molar-refractivity contribution in [2.24, 2.45) is 0 Å². The van der Waals surface area contributed by atoms with Gasteiger partial charge in [0.2, 0.25) is 0 Å². The highest BCUT2D eigenvalue weighted by molar-refractivity contribution is 9.10. The fraction of sp³-hybridized carbons (Fsp3) is 0.0667. The lowest BCUT2D eigenvalue weighted by Crippen LogP contribution is -2.11. The van der Waals surface area contributed by atoms with Crippen LogP contribution in [0.5, 0.6) is 0 Å². The first-order valence-electron chi connectivity index (χ1n) is 5.66. The number of hydrogen-bond acceptors (Lipinski definition) is 1. The Balaban J connectivity index is 2.56. The van der Waals surface area contributed by atoms with E-state index in [0.717, 1.165) is 15.7 Å². The Hall–Kier alpha value is -1.32. The largest absolute Gasteiger partial charge is 0.315 e. The zero-order valence-electron chi connectivity index (χ0n) is 10.3. The molecule has 2 aromatic rings. The van der Waals surface area contributed by atoms with Crippen molar-refractivity contribution in [2.75, 3.05) is 4.90 Å². The van der Waals surface area contributed by atoms with Gasteiger partial charge in [0.1, 0.15) is 5.82 Å². The predicted molar refractivity (Wildman–Crippen MR) is 82.6 cm³/mol. The number of aryl methyl sites for hydroxylation is 1. The van der Waals surface area contributed by atoms with Crippen molar-refractivity contribution in [1.82, 2.24) is 0 Å². The van der Waals surface area contributed by atoms with E-state index in [0.29, 0.717) is 10.7 Å². The van der Waals surface area contributed by atoms with E-state index in [9.17, 15) is 4.39 Å². The van der Waals surface area contributed by atoms with Crippen molar-refractivity contribution in [3.8, 4) is 0 Å². The summed E-state index contributed by atoms with van der Waals surface area (Å²) in [6, 6.07) is 10.4. The zero-order chi connectivity index (χ0) is 14.0. The maximum absolute atomic E-state index is 14.0. The van der Waals surface area contributed by atoms with Crippen LogP contribution in [0, 0.1) is 12.7 Å². The van der Waals surface area contributed by atoms with E-state index in [-0.39, 0.29) is 5.82 Å². The number of anilines is 2. The maximum atomic E-state index is 14.0. The van der Waals surface area contributed by atoms with Crippen LogP contribution in [0.15, 0.2) is 53.6 Å². The molecule has 0 aromatic heterocycles. The van der Waals surface area contributed by atoms with Crippen LogP contribution in [0.1, 0.15) is 5.56 Å². The first kappa shape index (κ1) is 14.1. The monoisotopic (exact) mass is 339 g/mol. The lowest BCUT2D eigenvalue weighted by molar-refractivity contribution is 0.628. The Labute approximate surface area is 125 Å². The Morgan fingerprint density at radius 1 is 1.21 bits per heavy atom. The molecule has 2 aromatic carbocycles. The third-order valence-electron chi connectivity index (χ3n) is 2.78. The van der Waals surface area contributed by atoms with Crippen LogP contribution in [0.2, 0.25) is 5.02 Å². The van der Waals surface area contributed by atoms with Crippen molar-refractivity contribution in [1.29, 1.82) is 0 Å². The molecule has 0 heterocycles. The molecule has 1 nitrogen and oxygen atoms in total. The summed E-state index contributed by atoms with van der Waals surface area (Å²) in [5.74, 6) is -0.383. The summed E-state index contributed by atoms with van der Waals surface area (Å²) in [6.07, 6.45) is 1.58. The van der Waals surface area contributed by atoms with Crippen molar-refractivity contribution in [2.45, 2.75) is 6.92 Å². The minimum absolute atomic E-state index is 0.372. The summed E-state index contributed by atoms with van der Waals surface area (Å²) < 4.78 is 14.9. The summed E-state index contributed by atoms with van der Waals surface area (Å²) in [4.78, 5) is 1.70. The Morgan fingerprint density at radius 2 is 1.95 bits per heavy atom. The van der Waals surface area contributed by atoms with E-state index in [1.807, 2.05) is 25.1 Å². The number of rotatable bonds is 3. The second-order valence-corrected chi connectivity index (χ2v) is 5.43. The molecule has 0 saturated carbocycles. The van der Waals surface area contributed by atoms with E-state index in [4.69, 9.17) is 11.6 Å². The first-order chi connectivity index (χ1) is 9.02. The van der Waals surface area contributed by atoms with Crippen LogP contribution < -0.4 is 4.90 Å². The highest BCUT2D eigenvalue weighted by Gasteiger charge is 2.13. The topological polar surface area (TPSA) is 3.24 Å². The van der Waals surface area contributed by atoms with Gasteiger partial charge in [-0.2, -0.15) is 0 Å². The van der Waals surface area contributed by atoms with Crippen LogP contribution >= 0.6 is 27.5 Å². The Morgan fingerprint density at radius 3 is 2.58 bits per heavy atom. The SMILES string of the molecule is C=CN(c1cc(Br)ccc1C)c1ccc(Cl)cc1F. The molecule has 0 aliphatic carbocycles. The van der Waals surface area contributed by atoms with Gasteiger partial charge in [-0.15, -0.1) is 0 Å². The molecule has 19 heavy (non-hydrogen) atoms. The van der Waals surface area contributed by atoms with Crippen molar-refractivity contribution >= 4 is 38.9 Å². The highest BCUT2D eigenvalue weighted by atomic mass is 79.9. The lowest BCUT2D eigenvalue weighted by Gasteiger charge is -2.23. The van der Waals surface area contributed by atoms with Crippen LogP contribution in [0.3, 0.4) is 0 Å². The molecule has 98 valence electrons. The van der Waals surface area contributed by atoms with Gasteiger partial charge in [-0.25, -0.2) is 4.39 Å². The number of benzene rings is 2. The first-order valence-corrected chi connectivity index (χ1v) is 6.83. The van der Waals surface area contributed by atoms with E-state index < -0.39 is 0 Å². The average Bonchev–Trinajstić information content (AvgIpc) is 2.36. The molecule has 0 aliphatic heterocycles. The summed E-state index contributed by atoms with van der Waals surface area (Å²) >= 11 is 9.20. The third kappa shape index (κ3) is 2.99. The predicted octanol–water partition coefficient (Wildman–Crippen LogP) is 5.83. The minimum atomic E-state index is -0.383. The van der Waals surface area contributed by atoms with Crippen LogP contribution in [0.25, 0.3) is 0 Å². The quantitative estimate of drug-likeness (QED) is 0.679. The van der Waals surface area contributed by atoms with Gasteiger partial charge in [0.15, 0.2) is 0 Å². The van der Waals surface area contributed by atoms with Gasteiger partial charge in [-0.05, 0) is 42.8 Å². The molecule has 2 rings (SSSR count). The molecular formula is C15H12BrClFN. The van der Waals surface area contributed by atoms with Crippen molar-refractivity contribution < 1.29 is 4.39 Å². The molecule has 0 atom stereocenters. The zero-order valence-corrected chi connectivity index (χ0v) is 12.7. The smallest absolute Gasteiger partial charge is 0.148 e. The summed E-state index contributed by atoms with van der Waals surface area (Å²) in [7, 11) is 0. The van der Waals surface area contributed by atoms with E-state index in [1.165, 1.54) is 6.07 Å². The molecular weight excluding hydrogens is 329 g/mol. The van der Waals surface area contributed by atoms with E-state index in [2.05, 4.69) is 22.5 Å². The Kier molecular flexibility index (Phi) is 4.27. The van der Waals surface area contributed by atoms with Crippen molar-refractivity contribution in [3.63, 3.8) is 0 Å². The van der Waals surface area contributed by atoms with E-state index >= 15 is 0 Å². The number of nitrogens with zero attached hydrogens (tertiary/aromatic N) is 1. The van der Waals surface area contributed by atoms with Gasteiger partial charge < -0.3 is 4.90 Å². The summed E-state index contributed by atoms with van der Waals surface area (Å²) in [5.41, 5.74) is 2.31. The van der Waals surface area contributed by atoms with Gasteiger partial charge in [0.25, 0.3) is 0 Å². The fourth-order valence-corrected chi connectivity index (χ4v) is 2.35. The van der Waals surface area contributed by atoms with Crippen molar-refractivity contribution in [3.05, 3.63) is 70.1 Å². The molecule has 0 spiro atoms. The molecule has 0 unspecified atom stereocenters. The molecule has 0 amide bonds. The highest BCUT2D eigenvalue weighted by Crippen LogP contribution is 2.33. The minimum Gasteiger partial charge on any atom is -0.315 e. The molecule has 0 saturated heterocycles. The number of halogens is 3. The van der Waals surface area contributed by atoms with Gasteiger partial charge in [0.05, 0.1) is 5.69 Å². The molecule has 0 radical (unpaired) electrons.